The number of nitrogens with two attached hydrogens (primary N) is 1. The number of carbonyl (C=O) groups excluding carboxylic acids is 1. The number of esters is 1. The number of anilines is 3. The van der Waals surface area contributed by atoms with Gasteiger partial charge < -0.3 is 20.7 Å². The number of halogens is 1. The largest absolute Gasteiger partial charge is 0.466 e. The van der Waals surface area contributed by atoms with Crippen molar-refractivity contribution >= 4 is 35.2 Å². The van der Waals surface area contributed by atoms with Gasteiger partial charge in [-0.05, 0) is 44.0 Å². The van der Waals surface area contributed by atoms with Crippen molar-refractivity contribution in [3.8, 4) is 0 Å². The molecule has 9 heteroatoms. The minimum absolute atomic E-state index is 0.0699. The summed E-state index contributed by atoms with van der Waals surface area (Å²) in [5.74, 6) is 0.959. The first-order chi connectivity index (χ1) is 13.0. The van der Waals surface area contributed by atoms with Crippen molar-refractivity contribution in [2.45, 2.75) is 26.3 Å². The van der Waals surface area contributed by atoms with Gasteiger partial charge in [0.2, 0.25) is 11.9 Å². The fraction of sp³-hybridized carbons (Fsp3) is 0.444. The molecule has 27 heavy (non-hydrogen) atoms. The number of quaternary nitrogens is 1. The molecule has 1 aliphatic rings. The van der Waals surface area contributed by atoms with Crippen LogP contribution in [0.1, 0.15) is 25.6 Å². The molecule has 0 aliphatic carbocycles. The van der Waals surface area contributed by atoms with Gasteiger partial charge in [0.05, 0.1) is 19.7 Å². The number of hydrogen-bond acceptors (Lipinski definition) is 7. The predicted octanol–water partition coefficient (Wildman–Crippen LogP) is 1.21. The van der Waals surface area contributed by atoms with Crippen LogP contribution in [-0.4, -0.2) is 40.6 Å². The van der Waals surface area contributed by atoms with Gasteiger partial charge in [-0.1, -0.05) is 11.6 Å². The third-order valence-corrected chi connectivity index (χ3v) is 4.70. The first-order valence-electron chi connectivity index (χ1n) is 9.06. The molecule has 3 rings (SSSR count). The standard InChI is InChI=1S/C18H23ClN6O2/c1-2-27-16(26)12-4-3-9-25(10-12)11-15-22-17(20)24-18(23-15)21-14-7-5-13(19)6-8-14/h5-8,12H,2-4,9-11H2,1H3,(H3,20,21,22,23,24)/p+1/t12-/m0/s1. The highest BCUT2D eigenvalue weighted by atomic mass is 35.5. The topological polar surface area (TPSA) is 107 Å². The molecule has 4 N–H and O–H groups in total. The van der Waals surface area contributed by atoms with Crippen molar-refractivity contribution in [1.82, 2.24) is 15.0 Å². The Morgan fingerprint density at radius 2 is 2.11 bits per heavy atom. The summed E-state index contributed by atoms with van der Waals surface area (Å²) >= 11 is 5.90. The van der Waals surface area contributed by atoms with Crippen molar-refractivity contribution in [3.05, 3.63) is 35.1 Å². The minimum atomic E-state index is -0.116. The van der Waals surface area contributed by atoms with E-state index in [-0.39, 0.29) is 17.8 Å². The second kappa shape index (κ2) is 8.96. The zero-order valence-electron chi connectivity index (χ0n) is 15.2. The Kier molecular flexibility index (Phi) is 6.41. The first kappa shape index (κ1) is 19.3. The number of carbonyl (C=O) groups is 1. The van der Waals surface area contributed by atoms with Gasteiger partial charge in [-0.15, -0.1) is 0 Å². The number of rotatable bonds is 6. The average Bonchev–Trinajstić information content (AvgIpc) is 2.63. The Morgan fingerprint density at radius 1 is 1.33 bits per heavy atom. The summed E-state index contributed by atoms with van der Waals surface area (Å²) in [7, 11) is 0. The average molecular weight is 392 g/mol. The molecule has 2 aromatic rings. The highest BCUT2D eigenvalue weighted by Gasteiger charge is 2.30. The second-order valence-corrected chi connectivity index (χ2v) is 6.97. The van der Waals surface area contributed by atoms with Crippen LogP contribution in [0.5, 0.6) is 0 Å². The van der Waals surface area contributed by atoms with Crippen LogP contribution in [0.3, 0.4) is 0 Å². The van der Waals surface area contributed by atoms with Crippen LogP contribution < -0.4 is 16.0 Å². The summed E-state index contributed by atoms with van der Waals surface area (Å²) in [6.45, 7) is 4.49. The number of nitrogens with zero attached hydrogens (tertiary/aromatic N) is 3. The smallest absolute Gasteiger partial charge is 0.314 e. The molecule has 0 bridgehead atoms. The number of hydrogen-bond donors (Lipinski definition) is 3. The van der Waals surface area contributed by atoms with E-state index in [0.717, 1.165) is 25.1 Å². The van der Waals surface area contributed by atoms with Crippen LogP contribution >= 0.6 is 11.6 Å². The molecule has 1 saturated heterocycles. The molecule has 0 radical (unpaired) electrons. The Hall–Kier alpha value is -2.45. The summed E-state index contributed by atoms with van der Waals surface area (Å²) in [5.41, 5.74) is 6.66. The number of likely N-dealkylation sites (tertiary alicyclic amines) is 1. The van der Waals surface area contributed by atoms with Crippen molar-refractivity contribution < 1.29 is 14.4 Å². The lowest BCUT2D eigenvalue weighted by Crippen LogP contribution is -3.12. The Morgan fingerprint density at radius 3 is 2.85 bits per heavy atom. The molecular weight excluding hydrogens is 368 g/mol. The molecule has 1 unspecified atom stereocenters. The lowest BCUT2D eigenvalue weighted by molar-refractivity contribution is -0.921. The van der Waals surface area contributed by atoms with Crippen molar-refractivity contribution in [2.24, 2.45) is 5.92 Å². The van der Waals surface area contributed by atoms with Crippen molar-refractivity contribution in [1.29, 1.82) is 0 Å². The molecular formula is C18H24ClN6O2+. The quantitative estimate of drug-likeness (QED) is 0.635. The maximum absolute atomic E-state index is 12.0. The molecule has 1 aromatic heterocycles. The number of nitrogen functional groups attached to an aromatic ring is 1. The summed E-state index contributed by atoms with van der Waals surface area (Å²) in [5, 5.41) is 3.76. The molecule has 1 fully saturated rings. The zero-order chi connectivity index (χ0) is 19.2. The van der Waals surface area contributed by atoms with E-state index >= 15 is 0 Å². The van der Waals surface area contributed by atoms with E-state index in [1.54, 1.807) is 12.1 Å². The van der Waals surface area contributed by atoms with E-state index in [2.05, 4.69) is 20.3 Å². The van der Waals surface area contributed by atoms with Gasteiger partial charge in [0.1, 0.15) is 12.5 Å². The molecule has 8 nitrogen and oxygen atoms in total. The zero-order valence-corrected chi connectivity index (χ0v) is 16.0. The van der Waals surface area contributed by atoms with Crippen LogP contribution in [0.15, 0.2) is 24.3 Å². The molecule has 0 spiro atoms. The number of piperidine rings is 1. The summed E-state index contributed by atoms with van der Waals surface area (Å²) in [4.78, 5) is 26.1. The summed E-state index contributed by atoms with van der Waals surface area (Å²) in [6.07, 6.45) is 1.83. The molecule has 2 heterocycles. The van der Waals surface area contributed by atoms with E-state index in [1.165, 1.54) is 4.90 Å². The minimum Gasteiger partial charge on any atom is -0.466 e. The first-order valence-corrected chi connectivity index (χ1v) is 9.44. The van der Waals surface area contributed by atoms with Gasteiger partial charge in [-0.3, -0.25) is 4.79 Å². The fourth-order valence-corrected chi connectivity index (χ4v) is 3.36. The highest BCUT2D eigenvalue weighted by molar-refractivity contribution is 6.30. The second-order valence-electron chi connectivity index (χ2n) is 6.54. The van der Waals surface area contributed by atoms with Gasteiger partial charge >= 0.3 is 5.97 Å². The Bertz CT molecular complexity index is 786. The van der Waals surface area contributed by atoms with Gasteiger partial charge in [0, 0.05) is 10.7 Å². The maximum Gasteiger partial charge on any atom is 0.314 e. The number of ether oxygens (including phenoxy) is 1. The summed E-state index contributed by atoms with van der Waals surface area (Å²) in [6, 6.07) is 7.23. The monoisotopic (exact) mass is 391 g/mol. The number of benzene rings is 1. The molecule has 144 valence electrons. The molecule has 1 aromatic carbocycles. The number of nitrogens with one attached hydrogen (secondary N) is 2. The van der Waals surface area contributed by atoms with E-state index in [4.69, 9.17) is 22.1 Å². The molecule has 2 atom stereocenters. The van der Waals surface area contributed by atoms with Crippen LogP contribution in [0.4, 0.5) is 17.6 Å². The summed E-state index contributed by atoms with van der Waals surface area (Å²) < 4.78 is 5.16. The third kappa shape index (κ3) is 5.51. The van der Waals surface area contributed by atoms with Crippen LogP contribution in [0.2, 0.25) is 5.02 Å². The normalized spacial score (nSPS) is 19.5. The highest BCUT2D eigenvalue weighted by Crippen LogP contribution is 2.17. The van der Waals surface area contributed by atoms with Crippen LogP contribution in [-0.2, 0) is 16.1 Å². The molecule has 0 saturated carbocycles. The predicted molar refractivity (Wildman–Crippen MR) is 103 cm³/mol. The van der Waals surface area contributed by atoms with Crippen molar-refractivity contribution in [3.63, 3.8) is 0 Å². The van der Waals surface area contributed by atoms with Crippen LogP contribution in [0.25, 0.3) is 0 Å². The SMILES string of the molecule is CCOC(=O)[C@H]1CCC[NH+](Cc2nc(N)nc(Nc3ccc(Cl)cc3)n2)C1. The third-order valence-electron chi connectivity index (χ3n) is 4.45. The molecule has 1 aliphatic heterocycles. The van der Waals surface area contributed by atoms with Gasteiger partial charge in [-0.25, -0.2) is 0 Å². The lowest BCUT2D eigenvalue weighted by Gasteiger charge is -2.28. The van der Waals surface area contributed by atoms with E-state index < -0.39 is 0 Å². The maximum atomic E-state index is 12.0. The van der Waals surface area contributed by atoms with E-state index in [0.29, 0.717) is 36.5 Å². The Labute approximate surface area is 163 Å². The van der Waals surface area contributed by atoms with Gasteiger partial charge in [-0.2, -0.15) is 15.0 Å². The lowest BCUT2D eigenvalue weighted by atomic mass is 9.98. The number of aromatic nitrogens is 3. The fourth-order valence-electron chi connectivity index (χ4n) is 3.23. The van der Waals surface area contributed by atoms with E-state index in [1.807, 2.05) is 19.1 Å². The molecule has 0 amide bonds. The van der Waals surface area contributed by atoms with Crippen LogP contribution in [0, 0.1) is 5.92 Å². The van der Waals surface area contributed by atoms with Gasteiger partial charge in [0.25, 0.3) is 0 Å². The van der Waals surface area contributed by atoms with Crippen molar-refractivity contribution in [2.75, 3.05) is 30.7 Å². The van der Waals surface area contributed by atoms with E-state index in [9.17, 15) is 4.79 Å². The van der Waals surface area contributed by atoms with Gasteiger partial charge in [0.15, 0.2) is 5.82 Å². The Balaban J connectivity index is 1.67.